The Balaban J connectivity index is 1.49. The number of likely N-dealkylation sites (tertiary alicyclic amines) is 1. The molecule has 4 rings (SSSR count). The minimum atomic E-state index is -0.458. The summed E-state index contributed by atoms with van der Waals surface area (Å²) in [5.41, 5.74) is 1.24. The van der Waals surface area contributed by atoms with Gasteiger partial charge in [0, 0.05) is 44.6 Å². The molecule has 34 heavy (non-hydrogen) atoms. The van der Waals surface area contributed by atoms with Crippen molar-refractivity contribution in [1.82, 2.24) is 20.0 Å². The van der Waals surface area contributed by atoms with E-state index in [4.69, 9.17) is 16.3 Å². The van der Waals surface area contributed by atoms with E-state index in [0.717, 1.165) is 25.9 Å². The lowest BCUT2D eigenvalue weighted by atomic mass is 10.1. The molecule has 2 unspecified atom stereocenters. The normalized spacial score (nSPS) is 20.5. The molecule has 2 aliphatic rings. The van der Waals surface area contributed by atoms with Crippen LogP contribution < -0.4 is 5.32 Å². The standard InChI is InChI=1S/C23H29ClN4O4S2/c1-26(2)23(31)32-13-16-11-15(25-21(29)18-4-5-20(24)34-18)12-28(16)22(30)19-10-14-6-8-27(3)9-7-17(14)33-19/h4-5,10,15-16H,6-9,11-13H2,1-3H3,(H,25,29). The fraction of sp³-hybridized carbons (Fsp3) is 0.522. The van der Waals surface area contributed by atoms with Crippen LogP contribution in [-0.2, 0) is 17.6 Å². The smallest absolute Gasteiger partial charge is 0.409 e. The molecule has 8 nitrogen and oxygen atoms in total. The van der Waals surface area contributed by atoms with E-state index in [1.807, 2.05) is 6.07 Å². The molecule has 2 aromatic rings. The molecule has 0 spiro atoms. The van der Waals surface area contributed by atoms with Crippen LogP contribution in [0.25, 0.3) is 0 Å². The van der Waals surface area contributed by atoms with E-state index in [2.05, 4.69) is 17.3 Å². The molecule has 0 bridgehead atoms. The summed E-state index contributed by atoms with van der Waals surface area (Å²) in [4.78, 5) is 46.1. The zero-order valence-electron chi connectivity index (χ0n) is 19.5. The van der Waals surface area contributed by atoms with Crippen molar-refractivity contribution >= 4 is 52.2 Å². The molecule has 2 aliphatic heterocycles. The minimum absolute atomic E-state index is 0.0757. The first kappa shape index (κ1) is 25.0. The number of ether oxygens (including phenoxy) is 1. The maximum atomic E-state index is 13.6. The highest BCUT2D eigenvalue weighted by atomic mass is 35.5. The van der Waals surface area contributed by atoms with Gasteiger partial charge in [0.05, 0.1) is 20.1 Å². The number of nitrogens with zero attached hydrogens (tertiary/aromatic N) is 3. The number of carbonyl (C=O) groups is 3. The third kappa shape index (κ3) is 5.73. The number of thiophene rings is 2. The molecule has 0 radical (unpaired) electrons. The molecule has 1 saturated heterocycles. The van der Waals surface area contributed by atoms with E-state index < -0.39 is 6.09 Å². The van der Waals surface area contributed by atoms with Gasteiger partial charge in [0.25, 0.3) is 11.8 Å². The summed E-state index contributed by atoms with van der Waals surface area (Å²) >= 11 is 8.74. The maximum absolute atomic E-state index is 13.6. The molecule has 4 heterocycles. The van der Waals surface area contributed by atoms with Crippen LogP contribution in [0.4, 0.5) is 4.79 Å². The van der Waals surface area contributed by atoms with E-state index in [-0.39, 0.29) is 30.5 Å². The van der Waals surface area contributed by atoms with E-state index in [0.29, 0.717) is 27.1 Å². The van der Waals surface area contributed by atoms with Crippen LogP contribution in [0.2, 0.25) is 4.34 Å². The molecule has 2 atom stereocenters. The fourth-order valence-corrected chi connectivity index (χ4v) is 6.37. The Morgan fingerprint density at radius 1 is 1.18 bits per heavy atom. The Morgan fingerprint density at radius 2 is 1.94 bits per heavy atom. The summed E-state index contributed by atoms with van der Waals surface area (Å²) in [6.07, 6.45) is 1.92. The highest BCUT2D eigenvalue weighted by Crippen LogP contribution is 2.30. The second-order valence-corrected chi connectivity index (χ2v) is 11.8. The van der Waals surface area contributed by atoms with Crippen molar-refractivity contribution in [2.45, 2.75) is 31.3 Å². The van der Waals surface area contributed by atoms with E-state index in [9.17, 15) is 14.4 Å². The van der Waals surface area contributed by atoms with Gasteiger partial charge in [0.15, 0.2) is 0 Å². The largest absolute Gasteiger partial charge is 0.447 e. The van der Waals surface area contributed by atoms with Crippen molar-refractivity contribution < 1.29 is 19.1 Å². The van der Waals surface area contributed by atoms with E-state index in [1.54, 1.807) is 42.5 Å². The van der Waals surface area contributed by atoms with Gasteiger partial charge in [-0.1, -0.05) is 11.6 Å². The van der Waals surface area contributed by atoms with Crippen LogP contribution in [0.15, 0.2) is 18.2 Å². The van der Waals surface area contributed by atoms with Crippen molar-refractivity contribution in [3.05, 3.63) is 42.7 Å². The summed E-state index contributed by atoms with van der Waals surface area (Å²) in [6.45, 7) is 2.40. The molecule has 2 aromatic heterocycles. The van der Waals surface area contributed by atoms with Crippen molar-refractivity contribution in [1.29, 1.82) is 0 Å². The summed E-state index contributed by atoms with van der Waals surface area (Å²) in [7, 11) is 5.35. The van der Waals surface area contributed by atoms with Crippen LogP contribution in [-0.4, -0.2) is 92.1 Å². The summed E-state index contributed by atoms with van der Waals surface area (Å²) in [5, 5.41) is 3.01. The molecule has 11 heteroatoms. The van der Waals surface area contributed by atoms with Crippen LogP contribution in [0.1, 0.15) is 36.2 Å². The number of nitrogens with one attached hydrogen (secondary N) is 1. The highest BCUT2D eigenvalue weighted by Gasteiger charge is 2.38. The zero-order chi connectivity index (χ0) is 24.4. The average molecular weight is 525 g/mol. The van der Waals surface area contributed by atoms with Crippen molar-refractivity contribution in [3.8, 4) is 0 Å². The van der Waals surface area contributed by atoms with Gasteiger partial charge in [-0.3, -0.25) is 9.59 Å². The topological polar surface area (TPSA) is 82.2 Å². The van der Waals surface area contributed by atoms with Crippen LogP contribution in [0.3, 0.4) is 0 Å². The highest BCUT2D eigenvalue weighted by molar-refractivity contribution is 7.18. The van der Waals surface area contributed by atoms with E-state index in [1.165, 1.54) is 26.7 Å². The number of hydrogen-bond acceptors (Lipinski definition) is 7. The van der Waals surface area contributed by atoms with Gasteiger partial charge in [-0.15, -0.1) is 22.7 Å². The first-order valence-corrected chi connectivity index (χ1v) is 13.2. The third-order valence-electron chi connectivity index (χ3n) is 6.16. The lowest BCUT2D eigenvalue weighted by Gasteiger charge is -2.24. The number of amides is 3. The van der Waals surface area contributed by atoms with Gasteiger partial charge < -0.3 is 24.8 Å². The third-order valence-corrected chi connectivity index (χ3v) is 8.62. The summed E-state index contributed by atoms with van der Waals surface area (Å²) in [6, 6.07) is 4.83. The zero-order valence-corrected chi connectivity index (χ0v) is 21.9. The van der Waals surface area contributed by atoms with Crippen molar-refractivity contribution in [2.75, 3.05) is 47.4 Å². The van der Waals surface area contributed by atoms with Gasteiger partial charge in [-0.2, -0.15) is 0 Å². The van der Waals surface area contributed by atoms with Gasteiger partial charge in [-0.25, -0.2) is 4.79 Å². The minimum Gasteiger partial charge on any atom is -0.447 e. The van der Waals surface area contributed by atoms with Crippen LogP contribution >= 0.6 is 34.3 Å². The maximum Gasteiger partial charge on any atom is 0.409 e. The predicted octanol–water partition coefficient (Wildman–Crippen LogP) is 3.20. The van der Waals surface area contributed by atoms with E-state index >= 15 is 0 Å². The van der Waals surface area contributed by atoms with Crippen LogP contribution in [0, 0.1) is 0 Å². The molecule has 3 amide bonds. The number of likely N-dealkylation sites (N-methyl/N-ethyl adjacent to an activating group) is 1. The molecule has 0 saturated carbocycles. The first-order chi connectivity index (χ1) is 16.2. The quantitative estimate of drug-likeness (QED) is 0.649. The van der Waals surface area contributed by atoms with Crippen molar-refractivity contribution in [3.63, 3.8) is 0 Å². The van der Waals surface area contributed by atoms with Gasteiger partial charge in [0.1, 0.15) is 6.61 Å². The first-order valence-electron chi connectivity index (χ1n) is 11.2. The summed E-state index contributed by atoms with van der Waals surface area (Å²) < 4.78 is 5.96. The van der Waals surface area contributed by atoms with Gasteiger partial charge in [0.2, 0.25) is 0 Å². The number of rotatable bonds is 5. The number of hydrogen-bond donors (Lipinski definition) is 1. The Labute approximate surface area is 212 Å². The Hall–Kier alpha value is -2.14. The second-order valence-electron chi connectivity index (χ2n) is 8.95. The molecule has 184 valence electrons. The molecule has 1 fully saturated rings. The fourth-order valence-electron chi connectivity index (χ4n) is 4.27. The van der Waals surface area contributed by atoms with Crippen molar-refractivity contribution in [2.24, 2.45) is 0 Å². The Morgan fingerprint density at radius 3 is 2.65 bits per heavy atom. The average Bonchev–Trinajstić information content (AvgIpc) is 3.50. The number of carbonyl (C=O) groups excluding carboxylic acids is 3. The second kappa shape index (κ2) is 10.6. The molecular formula is C23H29ClN4O4S2. The SMILES string of the molecule is CN1CCc2cc(C(=O)N3CC(NC(=O)c4ccc(Cl)s4)CC3COC(=O)N(C)C)sc2CC1. The molecular weight excluding hydrogens is 496 g/mol. The van der Waals surface area contributed by atoms with Crippen LogP contribution in [0.5, 0.6) is 0 Å². The molecule has 1 N–H and O–H groups in total. The monoisotopic (exact) mass is 524 g/mol. The number of halogens is 1. The summed E-state index contributed by atoms with van der Waals surface area (Å²) in [5.74, 6) is -0.291. The molecule has 0 aromatic carbocycles. The number of fused-ring (bicyclic) bond motifs is 1. The van der Waals surface area contributed by atoms with Gasteiger partial charge in [-0.05, 0) is 50.1 Å². The lowest BCUT2D eigenvalue weighted by molar-refractivity contribution is 0.0602. The predicted molar refractivity (Wildman–Crippen MR) is 134 cm³/mol. The Kier molecular flexibility index (Phi) is 7.81. The molecule has 0 aliphatic carbocycles. The Bertz CT molecular complexity index is 1040. The lowest BCUT2D eigenvalue weighted by Crippen LogP contribution is -2.40. The van der Waals surface area contributed by atoms with Gasteiger partial charge >= 0.3 is 6.09 Å².